The van der Waals surface area contributed by atoms with Crippen LogP contribution < -0.4 is 5.73 Å². The van der Waals surface area contributed by atoms with Gasteiger partial charge in [-0.05, 0) is 56.0 Å². The molecule has 0 aliphatic carbocycles. The highest BCUT2D eigenvalue weighted by molar-refractivity contribution is 5.41. The van der Waals surface area contributed by atoms with Crippen LogP contribution in [-0.2, 0) is 6.42 Å². The Kier molecular flexibility index (Phi) is 4.14. The van der Waals surface area contributed by atoms with Crippen molar-refractivity contribution < 1.29 is 4.39 Å². The van der Waals surface area contributed by atoms with Gasteiger partial charge in [0, 0.05) is 5.56 Å². The van der Waals surface area contributed by atoms with E-state index in [1.54, 1.807) is 0 Å². The van der Waals surface area contributed by atoms with Gasteiger partial charge in [-0.1, -0.05) is 13.0 Å². The molecule has 1 atom stereocenters. The van der Waals surface area contributed by atoms with Gasteiger partial charge in [0.25, 0.3) is 0 Å². The van der Waals surface area contributed by atoms with Crippen molar-refractivity contribution in [2.75, 3.05) is 0 Å². The number of halogens is 1. The minimum Gasteiger partial charge on any atom is -0.320 e. The molecule has 0 bridgehead atoms. The molecule has 4 heteroatoms. The summed E-state index contributed by atoms with van der Waals surface area (Å²) in [5.41, 5.74) is 11.1. The number of hydrogen-bond acceptors (Lipinski definition) is 3. The van der Waals surface area contributed by atoms with Crippen molar-refractivity contribution in [3.63, 3.8) is 0 Å². The van der Waals surface area contributed by atoms with Crippen molar-refractivity contribution in [2.45, 2.75) is 40.2 Å². The van der Waals surface area contributed by atoms with Crippen molar-refractivity contribution in [2.24, 2.45) is 5.73 Å². The van der Waals surface area contributed by atoms with E-state index >= 15 is 0 Å². The Labute approximate surface area is 119 Å². The minimum absolute atomic E-state index is 0.258. The van der Waals surface area contributed by atoms with Crippen LogP contribution in [-0.4, -0.2) is 10.2 Å². The molecule has 20 heavy (non-hydrogen) atoms. The van der Waals surface area contributed by atoms with Gasteiger partial charge in [-0.25, -0.2) is 4.39 Å². The third kappa shape index (κ3) is 2.70. The maximum absolute atomic E-state index is 14.3. The van der Waals surface area contributed by atoms with E-state index in [0.29, 0.717) is 5.56 Å². The molecular formula is C16H20FN3. The average Bonchev–Trinajstić information content (AvgIpc) is 2.37. The van der Waals surface area contributed by atoms with Gasteiger partial charge in [0.15, 0.2) is 0 Å². The number of aryl methyl sites for hydroxylation is 4. The summed E-state index contributed by atoms with van der Waals surface area (Å²) in [5.74, 6) is -0.258. The Morgan fingerprint density at radius 1 is 1.15 bits per heavy atom. The molecule has 0 aliphatic rings. The lowest BCUT2D eigenvalue weighted by atomic mass is 9.92. The molecule has 1 aromatic heterocycles. The summed E-state index contributed by atoms with van der Waals surface area (Å²) < 4.78 is 14.3. The van der Waals surface area contributed by atoms with Crippen LogP contribution in [0.3, 0.4) is 0 Å². The zero-order valence-electron chi connectivity index (χ0n) is 12.4. The molecule has 0 radical (unpaired) electrons. The third-order valence-electron chi connectivity index (χ3n) is 3.49. The first-order chi connectivity index (χ1) is 9.43. The topological polar surface area (TPSA) is 51.8 Å². The minimum atomic E-state index is -0.514. The van der Waals surface area contributed by atoms with E-state index in [1.807, 2.05) is 39.8 Å². The molecule has 0 spiro atoms. The summed E-state index contributed by atoms with van der Waals surface area (Å²) in [5, 5.41) is 8.21. The van der Waals surface area contributed by atoms with Crippen LogP contribution in [0.4, 0.5) is 4.39 Å². The van der Waals surface area contributed by atoms with Gasteiger partial charge in [0.1, 0.15) is 5.82 Å². The fourth-order valence-electron chi connectivity index (χ4n) is 2.55. The van der Waals surface area contributed by atoms with E-state index < -0.39 is 6.04 Å². The maximum Gasteiger partial charge on any atom is 0.128 e. The van der Waals surface area contributed by atoms with Crippen LogP contribution >= 0.6 is 0 Å². The number of rotatable bonds is 3. The largest absolute Gasteiger partial charge is 0.320 e. The highest BCUT2D eigenvalue weighted by Gasteiger charge is 2.20. The van der Waals surface area contributed by atoms with Crippen LogP contribution in [0, 0.1) is 26.6 Å². The molecule has 1 aromatic carbocycles. The first-order valence-electron chi connectivity index (χ1n) is 6.79. The van der Waals surface area contributed by atoms with E-state index in [1.165, 1.54) is 6.07 Å². The van der Waals surface area contributed by atoms with E-state index in [2.05, 4.69) is 10.2 Å². The molecular weight excluding hydrogens is 253 g/mol. The number of hydrogen-bond donors (Lipinski definition) is 1. The van der Waals surface area contributed by atoms with Crippen LogP contribution in [0.15, 0.2) is 18.2 Å². The first-order valence-corrected chi connectivity index (χ1v) is 6.79. The van der Waals surface area contributed by atoms with Gasteiger partial charge in [-0.2, -0.15) is 10.2 Å². The molecule has 2 aromatic rings. The molecule has 2 rings (SSSR count). The zero-order valence-corrected chi connectivity index (χ0v) is 12.4. The molecule has 0 aliphatic heterocycles. The molecule has 1 unspecified atom stereocenters. The number of nitrogens with two attached hydrogens (primary N) is 1. The first kappa shape index (κ1) is 14.6. The predicted octanol–water partition coefficient (Wildman–Crippen LogP) is 3.15. The molecule has 0 saturated heterocycles. The molecule has 2 N–H and O–H groups in total. The normalized spacial score (nSPS) is 12.5. The lowest BCUT2D eigenvalue weighted by Crippen LogP contribution is -2.18. The van der Waals surface area contributed by atoms with Gasteiger partial charge >= 0.3 is 0 Å². The summed E-state index contributed by atoms with van der Waals surface area (Å²) in [6.07, 6.45) is 0.725. The van der Waals surface area contributed by atoms with Crippen molar-refractivity contribution in [1.82, 2.24) is 10.2 Å². The predicted molar refractivity (Wildman–Crippen MR) is 78.1 cm³/mol. The van der Waals surface area contributed by atoms with Gasteiger partial charge in [-0.15, -0.1) is 0 Å². The van der Waals surface area contributed by atoms with Crippen LogP contribution in [0.2, 0.25) is 0 Å². The van der Waals surface area contributed by atoms with Gasteiger partial charge in [0.2, 0.25) is 0 Å². The smallest absolute Gasteiger partial charge is 0.128 e. The number of nitrogens with zero attached hydrogens (tertiary/aromatic N) is 2. The van der Waals surface area contributed by atoms with Crippen LogP contribution in [0.25, 0.3) is 0 Å². The van der Waals surface area contributed by atoms with Gasteiger partial charge in [-0.3, -0.25) is 0 Å². The van der Waals surface area contributed by atoms with E-state index in [9.17, 15) is 4.39 Å². The second kappa shape index (κ2) is 5.67. The Bertz CT molecular complexity index is 615. The fraction of sp³-hybridized carbons (Fsp3) is 0.375. The van der Waals surface area contributed by atoms with Crippen molar-refractivity contribution >= 4 is 0 Å². The summed E-state index contributed by atoms with van der Waals surface area (Å²) in [6, 6.07) is 4.86. The van der Waals surface area contributed by atoms with Crippen LogP contribution in [0.1, 0.15) is 46.6 Å². The molecule has 1 heterocycles. The Morgan fingerprint density at radius 2 is 1.85 bits per heavy atom. The van der Waals surface area contributed by atoms with Crippen molar-refractivity contribution in [1.29, 1.82) is 0 Å². The summed E-state index contributed by atoms with van der Waals surface area (Å²) in [6.45, 7) is 7.62. The zero-order chi connectivity index (χ0) is 14.9. The van der Waals surface area contributed by atoms with E-state index in [-0.39, 0.29) is 5.82 Å². The second-order valence-electron chi connectivity index (χ2n) is 5.20. The lowest BCUT2D eigenvalue weighted by Gasteiger charge is -2.19. The molecule has 3 nitrogen and oxygen atoms in total. The van der Waals surface area contributed by atoms with Crippen molar-refractivity contribution in [3.8, 4) is 0 Å². The fourth-order valence-corrected chi connectivity index (χ4v) is 2.55. The summed E-state index contributed by atoms with van der Waals surface area (Å²) in [7, 11) is 0. The Morgan fingerprint density at radius 3 is 2.45 bits per heavy atom. The maximum atomic E-state index is 14.3. The molecule has 106 valence electrons. The van der Waals surface area contributed by atoms with Gasteiger partial charge < -0.3 is 5.73 Å². The van der Waals surface area contributed by atoms with Crippen molar-refractivity contribution in [3.05, 3.63) is 57.7 Å². The second-order valence-corrected chi connectivity index (χ2v) is 5.20. The lowest BCUT2D eigenvalue weighted by molar-refractivity contribution is 0.594. The quantitative estimate of drug-likeness (QED) is 0.934. The molecule has 0 saturated carbocycles. The third-order valence-corrected chi connectivity index (χ3v) is 3.49. The molecule has 0 fully saturated rings. The van der Waals surface area contributed by atoms with E-state index in [4.69, 9.17) is 5.73 Å². The number of aromatic nitrogens is 2. The van der Waals surface area contributed by atoms with Crippen LogP contribution in [0.5, 0.6) is 0 Å². The Hall–Kier alpha value is -1.81. The highest BCUT2D eigenvalue weighted by Crippen LogP contribution is 2.28. The summed E-state index contributed by atoms with van der Waals surface area (Å²) in [4.78, 5) is 0. The standard InChI is InChI=1S/C16H20FN3/c1-5-14-12(8-11(4)19-20-14)16(18)15-10(3)6-9(2)7-13(15)17/h6-8,16H,5,18H2,1-4H3. The highest BCUT2D eigenvalue weighted by atomic mass is 19.1. The number of benzene rings is 1. The monoisotopic (exact) mass is 273 g/mol. The van der Waals surface area contributed by atoms with E-state index in [0.717, 1.165) is 34.5 Å². The summed E-state index contributed by atoms with van der Waals surface area (Å²) >= 11 is 0. The molecule has 0 amide bonds. The average molecular weight is 273 g/mol. The van der Waals surface area contributed by atoms with Gasteiger partial charge in [0.05, 0.1) is 17.4 Å². The Balaban J connectivity index is 2.57. The SMILES string of the molecule is CCc1nnc(C)cc1C(N)c1c(C)cc(C)cc1F.